The number of allylic oxidation sites excluding steroid dienone is 1. The molecule has 1 aromatic heterocycles. The summed E-state index contributed by atoms with van der Waals surface area (Å²) in [4.78, 5) is 12.4. The Morgan fingerprint density at radius 1 is 1.24 bits per heavy atom. The number of benzene rings is 2. The zero-order valence-electron chi connectivity index (χ0n) is 18.3. The zero-order chi connectivity index (χ0) is 23.8. The van der Waals surface area contributed by atoms with Gasteiger partial charge in [0.2, 0.25) is 5.91 Å². The van der Waals surface area contributed by atoms with E-state index in [1.165, 1.54) is 17.8 Å². The number of amides is 1. The minimum atomic E-state index is -0.808. The molecule has 2 aromatic carbocycles. The first-order chi connectivity index (χ1) is 15.9. The van der Waals surface area contributed by atoms with Crippen LogP contribution in [0, 0.1) is 11.6 Å². The molecule has 3 aromatic rings. The SMILES string of the molecule is C=CCn1c(SCC(=O)Nc2ccc(OCC)cc2)nnc1C(C)Oc1ccc(F)cc1F. The van der Waals surface area contributed by atoms with Crippen LogP contribution in [-0.4, -0.2) is 33.0 Å². The van der Waals surface area contributed by atoms with E-state index in [9.17, 15) is 13.6 Å². The molecule has 0 saturated heterocycles. The first kappa shape index (κ1) is 24.2. The summed E-state index contributed by atoms with van der Waals surface area (Å²) in [6.07, 6.45) is 0.978. The summed E-state index contributed by atoms with van der Waals surface area (Å²) in [5, 5.41) is 11.6. The van der Waals surface area contributed by atoms with E-state index in [0.29, 0.717) is 29.8 Å². The number of aromatic nitrogens is 3. The molecule has 1 N–H and O–H groups in total. The lowest BCUT2D eigenvalue weighted by Gasteiger charge is -2.16. The van der Waals surface area contributed by atoms with Crippen LogP contribution in [0.5, 0.6) is 11.5 Å². The normalized spacial score (nSPS) is 11.6. The molecule has 3 rings (SSSR count). The Morgan fingerprint density at radius 2 is 2.00 bits per heavy atom. The Kier molecular flexibility index (Phi) is 8.42. The summed E-state index contributed by atoms with van der Waals surface area (Å²) in [5.74, 6) is -0.552. The van der Waals surface area contributed by atoms with Gasteiger partial charge in [-0.05, 0) is 50.2 Å². The highest BCUT2D eigenvalue weighted by molar-refractivity contribution is 7.99. The molecule has 0 radical (unpaired) electrons. The topological polar surface area (TPSA) is 78.3 Å². The Labute approximate surface area is 194 Å². The highest BCUT2D eigenvalue weighted by Gasteiger charge is 2.21. The number of carbonyl (C=O) groups excluding carboxylic acids is 1. The predicted molar refractivity (Wildman–Crippen MR) is 123 cm³/mol. The van der Waals surface area contributed by atoms with Crippen LogP contribution in [0.3, 0.4) is 0 Å². The number of ether oxygens (including phenoxy) is 2. The maximum Gasteiger partial charge on any atom is 0.234 e. The van der Waals surface area contributed by atoms with Gasteiger partial charge in [0.1, 0.15) is 11.6 Å². The molecule has 1 unspecified atom stereocenters. The average molecular weight is 475 g/mol. The second-order valence-corrected chi connectivity index (χ2v) is 7.81. The maximum atomic E-state index is 13.9. The quantitative estimate of drug-likeness (QED) is 0.311. The van der Waals surface area contributed by atoms with E-state index in [1.54, 1.807) is 41.8 Å². The highest BCUT2D eigenvalue weighted by atomic mass is 32.2. The van der Waals surface area contributed by atoms with Crippen molar-refractivity contribution in [2.75, 3.05) is 17.7 Å². The lowest BCUT2D eigenvalue weighted by atomic mass is 10.3. The third-order valence-electron chi connectivity index (χ3n) is 4.40. The van der Waals surface area contributed by atoms with Gasteiger partial charge < -0.3 is 14.8 Å². The van der Waals surface area contributed by atoms with Gasteiger partial charge in [0.15, 0.2) is 28.7 Å². The fourth-order valence-corrected chi connectivity index (χ4v) is 3.71. The number of anilines is 1. The fourth-order valence-electron chi connectivity index (χ4n) is 2.95. The van der Waals surface area contributed by atoms with Gasteiger partial charge in [0.05, 0.1) is 12.4 Å². The van der Waals surface area contributed by atoms with Crippen LogP contribution in [0.1, 0.15) is 25.8 Å². The smallest absolute Gasteiger partial charge is 0.234 e. The molecule has 0 spiro atoms. The van der Waals surface area contributed by atoms with Crippen molar-refractivity contribution < 1.29 is 23.0 Å². The van der Waals surface area contributed by atoms with Crippen LogP contribution in [0.4, 0.5) is 14.5 Å². The third-order valence-corrected chi connectivity index (χ3v) is 5.37. The van der Waals surface area contributed by atoms with Crippen LogP contribution in [-0.2, 0) is 11.3 Å². The van der Waals surface area contributed by atoms with Crippen molar-refractivity contribution in [1.82, 2.24) is 14.8 Å². The number of halogens is 2. The predicted octanol–water partition coefficient (Wildman–Crippen LogP) is 5.01. The van der Waals surface area contributed by atoms with E-state index in [2.05, 4.69) is 22.1 Å². The molecule has 0 aliphatic carbocycles. The van der Waals surface area contributed by atoms with Gasteiger partial charge >= 0.3 is 0 Å². The number of nitrogens with one attached hydrogen (secondary N) is 1. The van der Waals surface area contributed by atoms with Gasteiger partial charge in [-0.2, -0.15) is 0 Å². The first-order valence-electron chi connectivity index (χ1n) is 10.2. The number of hydrogen-bond donors (Lipinski definition) is 1. The van der Waals surface area contributed by atoms with Crippen LogP contribution in [0.25, 0.3) is 0 Å². The number of hydrogen-bond acceptors (Lipinski definition) is 6. The van der Waals surface area contributed by atoms with Crippen molar-refractivity contribution in [2.24, 2.45) is 0 Å². The summed E-state index contributed by atoms with van der Waals surface area (Å²) >= 11 is 1.20. The van der Waals surface area contributed by atoms with Crippen molar-refractivity contribution >= 4 is 23.4 Å². The fraction of sp³-hybridized carbons (Fsp3) is 0.261. The van der Waals surface area contributed by atoms with Crippen LogP contribution in [0.2, 0.25) is 0 Å². The van der Waals surface area contributed by atoms with Gasteiger partial charge in [-0.25, -0.2) is 8.78 Å². The molecule has 10 heteroatoms. The molecule has 0 bridgehead atoms. The van der Waals surface area contributed by atoms with E-state index in [1.807, 2.05) is 6.92 Å². The van der Waals surface area contributed by atoms with Gasteiger partial charge in [0, 0.05) is 18.3 Å². The van der Waals surface area contributed by atoms with Gasteiger partial charge in [0.25, 0.3) is 0 Å². The van der Waals surface area contributed by atoms with Gasteiger partial charge in [-0.3, -0.25) is 9.36 Å². The summed E-state index contributed by atoms with van der Waals surface area (Å²) in [7, 11) is 0. The highest BCUT2D eigenvalue weighted by Crippen LogP contribution is 2.27. The molecule has 1 heterocycles. The maximum absolute atomic E-state index is 13.9. The van der Waals surface area contributed by atoms with E-state index in [-0.39, 0.29) is 17.4 Å². The second kappa shape index (κ2) is 11.5. The largest absolute Gasteiger partial charge is 0.494 e. The van der Waals surface area contributed by atoms with Crippen molar-refractivity contribution in [2.45, 2.75) is 31.7 Å². The van der Waals surface area contributed by atoms with Crippen molar-refractivity contribution in [3.8, 4) is 11.5 Å². The lowest BCUT2D eigenvalue weighted by Crippen LogP contribution is -2.15. The minimum absolute atomic E-state index is 0.0963. The second-order valence-electron chi connectivity index (χ2n) is 6.87. The van der Waals surface area contributed by atoms with E-state index < -0.39 is 17.7 Å². The minimum Gasteiger partial charge on any atom is -0.494 e. The Morgan fingerprint density at radius 3 is 2.67 bits per heavy atom. The van der Waals surface area contributed by atoms with E-state index >= 15 is 0 Å². The third kappa shape index (κ3) is 6.55. The lowest BCUT2D eigenvalue weighted by molar-refractivity contribution is -0.113. The number of thioether (sulfide) groups is 1. The molecule has 0 saturated carbocycles. The molecular weight excluding hydrogens is 450 g/mol. The van der Waals surface area contributed by atoms with Crippen molar-refractivity contribution in [1.29, 1.82) is 0 Å². The number of carbonyl (C=O) groups is 1. The average Bonchev–Trinajstić information content (AvgIpc) is 3.19. The summed E-state index contributed by atoms with van der Waals surface area (Å²) in [6.45, 7) is 8.25. The van der Waals surface area contributed by atoms with Gasteiger partial charge in [-0.15, -0.1) is 16.8 Å². The van der Waals surface area contributed by atoms with Gasteiger partial charge in [-0.1, -0.05) is 17.8 Å². The molecule has 0 fully saturated rings. The summed E-state index contributed by atoms with van der Waals surface area (Å²) in [6, 6.07) is 10.2. The number of nitrogens with zero attached hydrogens (tertiary/aromatic N) is 3. The van der Waals surface area contributed by atoms with Crippen LogP contribution >= 0.6 is 11.8 Å². The molecule has 0 aliphatic heterocycles. The van der Waals surface area contributed by atoms with Crippen LogP contribution in [0.15, 0.2) is 60.3 Å². The molecule has 174 valence electrons. The van der Waals surface area contributed by atoms with Crippen molar-refractivity contribution in [3.63, 3.8) is 0 Å². The zero-order valence-corrected chi connectivity index (χ0v) is 19.1. The molecule has 33 heavy (non-hydrogen) atoms. The number of rotatable bonds is 11. The van der Waals surface area contributed by atoms with Crippen LogP contribution < -0.4 is 14.8 Å². The Bertz CT molecular complexity index is 1110. The van der Waals surface area contributed by atoms with E-state index in [4.69, 9.17) is 9.47 Å². The standard InChI is InChI=1S/C23H24F2N4O3S/c1-4-12-29-22(15(3)32-20-11-6-16(24)13-19(20)25)27-28-23(29)33-14-21(30)26-17-7-9-18(10-8-17)31-5-2/h4,6-11,13,15H,1,5,12,14H2,2-3H3,(H,26,30). The van der Waals surface area contributed by atoms with E-state index in [0.717, 1.165) is 17.9 Å². The summed E-state index contributed by atoms with van der Waals surface area (Å²) in [5.41, 5.74) is 0.653. The molecule has 7 nitrogen and oxygen atoms in total. The molecular formula is C23H24F2N4O3S. The Hall–Kier alpha value is -3.40. The summed E-state index contributed by atoms with van der Waals surface area (Å²) < 4.78 is 39.8. The van der Waals surface area contributed by atoms with Crippen molar-refractivity contribution in [3.05, 3.63) is 72.6 Å². The molecule has 0 aliphatic rings. The molecule has 1 amide bonds. The Balaban J connectivity index is 1.64. The first-order valence-corrected chi connectivity index (χ1v) is 11.2. The monoisotopic (exact) mass is 474 g/mol. The molecule has 1 atom stereocenters.